The first kappa shape index (κ1) is 28.2. The highest BCUT2D eigenvalue weighted by atomic mass is 35.5. The van der Waals surface area contributed by atoms with Gasteiger partial charge in [-0.05, 0) is 90.8 Å². The third kappa shape index (κ3) is 7.38. The molecular formula is C28H26ClN3O5S2. The zero-order valence-corrected chi connectivity index (χ0v) is 23.5. The first-order valence-electron chi connectivity index (χ1n) is 11.7. The summed E-state index contributed by atoms with van der Waals surface area (Å²) in [4.78, 5) is 12.8. The van der Waals surface area contributed by atoms with Gasteiger partial charge in [-0.25, -0.2) is 16.8 Å². The zero-order valence-electron chi connectivity index (χ0n) is 21.1. The summed E-state index contributed by atoms with van der Waals surface area (Å²) in [5.74, 6) is -0.432. The summed E-state index contributed by atoms with van der Waals surface area (Å²) < 4.78 is 54.1. The minimum absolute atomic E-state index is 0.0490. The maximum absolute atomic E-state index is 12.8. The Hall–Kier alpha value is -3.86. The van der Waals surface area contributed by atoms with Crippen LogP contribution in [0, 0.1) is 6.92 Å². The van der Waals surface area contributed by atoms with E-state index in [1.54, 1.807) is 54.6 Å². The van der Waals surface area contributed by atoms with E-state index in [0.29, 0.717) is 27.6 Å². The van der Waals surface area contributed by atoms with Crippen molar-refractivity contribution >= 4 is 54.6 Å². The fourth-order valence-electron chi connectivity index (χ4n) is 3.78. The van der Waals surface area contributed by atoms with E-state index in [-0.39, 0.29) is 11.4 Å². The normalized spacial score (nSPS) is 11.6. The van der Waals surface area contributed by atoms with Crippen LogP contribution in [0.4, 0.5) is 17.1 Å². The molecule has 0 saturated carbocycles. The number of anilines is 3. The maximum Gasteiger partial charge on any atom is 0.261 e. The largest absolute Gasteiger partial charge is 0.322 e. The van der Waals surface area contributed by atoms with Gasteiger partial charge < -0.3 is 5.32 Å². The number of amides is 1. The Labute approximate surface area is 233 Å². The van der Waals surface area contributed by atoms with Crippen LogP contribution in [0.2, 0.25) is 5.02 Å². The van der Waals surface area contributed by atoms with Crippen LogP contribution in [-0.4, -0.2) is 29.0 Å². The van der Waals surface area contributed by atoms with Crippen molar-refractivity contribution in [3.63, 3.8) is 0 Å². The summed E-state index contributed by atoms with van der Waals surface area (Å²) in [5, 5.41) is 3.27. The van der Waals surface area contributed by atoms with E-state index in [1.165, 1.54) is 40.7 Å². The van der Waals surface area contributed by atoms with Gasteiger partial charge in [0.05, 0.1) is 23.4 Å². The van der Waals surface area contributed by atoms with Crippen molar-refractivity contribution in [2.24, 2.45) is 0 Å². The van der Waals surface area contributed by atoms with Crippen LogP contribution in [0.5, 0.6) is 0 Å². The lowest BCUT2D eigenvalue weighted by Gasteiger charge is -2.23. The Morgan fingerprint density at radius 1 is 0.821 bits per heavy atom. The average Bonchev–Trinajstić information content (AvgIpc) is 2.88. The number of nitrogens with one attached hydrogen (secondary N) is 2. The second kappa shape index (κ2) is 11.5. The molecule has 0 heterocycles. The molecule has 0 aliphatic carbocycles. The number of aryl methyl sites for hydroxylation is 1. The summed E-state index contributed by atoms with van der Waals surface area (Å²) in [6.07, 6.45) is 1.11. The third-order valence-electron chi connectivity index (χ3n) is 5.75. The molecular weight excluding hydrogens is 558 g/mol. The number of benzene rings is 4. The third-order valence-corrected chi connectivity index (χ3v) is 8.54. The highest BCUT2D eigenvalue weighted by Gasteiger charge is 2.19. The van der Waals surface area contributed by atoms with Crippen molar-refractivity contribution in [2.45, 2.75) is 18.4 Å². The molecule has 11 heteroatoms. The van der Waals surface area contributed by atoms with Crippen LogP contribution in [0.1, 0.15) is 21.5 Å². The number of carbonyl (C=O) groups excluding carboxylic acids is 1. The van der Waals surface area contributed by atoms with Crippen LogP contribution in [-0.2, 0) is 26.6 Å². The Bertz CT molecular complexity index is 1690. The molecule has 0 fully saturated rings. The lowest BCUT2D eigenvalue weighted by molar-refractivity contribution is 0.102. The fourth-order valence-corrected chi connectivity index (χ4v) is 5.84. The minimum Gasteiger partial charge on any atom is -0.322 e. The topological polar surface area (TPSA) is 113 Å². The highest BCUT2D eigenvalue weighted by Crippen LogP contribution is 2.23. The van der Waals surface area contributed by atoms with Gasteiger partial charge in [-0.15, -0.1) is 0 Å². The van der Waals surface area contributed by atoms with E-state index >= 15 is 0 Å². The van der Waals surface area contributed by atoms with Crippen molar-refractivity contribution in [2.75, 3.05) is 20.6 Å². The molecule has 4 aromatic carbocycles. The first-order chi connectivity index (χ1) is 18.4. The van der Waals surface area contributed by atoms with Crippen molar-refractivity contribution in [1.82, 2.24) is 0 Å². The monoisotopic (exact) mass is 583 g/mol. The number of sulfonamides is 2. The first-order valence-corrected chi connectivity index (χ1v) is 15.4. The summed E-state index contributed by atoms with van der Waals surface area (Å²) in [6, 6.07) is 25.8. The molecule has 0 aromatic heterocycles. The highest BCUT2D eigenvalue weighted by molar-refractivity contribution is 7.92. The van der Waals surface area contributed by atoms with Gasteiger partial charge in [0.25, 0.3) is 15.9 Å². The van der Waals surface area contributed by atoms with E-state index < -0.39 is 26.0 Å². The molecule has 0 bridgehead atoms. The second-order valence-corrected chi connectivity index (χ2v) is 12.9. The number of halogens is 1. The molecule has 0 spiro atoms. The predicted octanol–water partition coefficient (Wildman–Crippen LogP) is 5.67. The molecule has 39 heavy (non-hydrogen) atoms. The van der Waals surface area contributed by atoms with Gasteiger partial charge in [0, 0.05) is 22.0 Å². The zero-order chi connectivity index (χ0) is 28.2. The molecule has 1 amide bonds. The number of hydrogen-bond donors (Lipinski definition) is 2. The quantitative estimate of drug-likeness (QED) is 0.264. The molecule has 0 unspecified atom stereocenters. The van der Waals surface area contributed by atoms with Gasteiger partial charge >= 0.3 is 0 Å². The van der Waals surface area contributed by atoms with Crippen LogP contribution in [0.3, 0.4) is 0 Å². The average molecular weight is 584 g/mol. The number of nitrogens with zero attached hydrogens (tertiary/aromatic N) is 1. The molecule has 4 aromatic rings. The Balaban J connectivity index is 1.44. The molecule has 0 atom stereocenters. The van der Waals surface area contributed by atoms with Gasteiger partial charge in [0.15, 0.2) is 0 Å². The molecule has 2 N–H and O–H groups in total. The summed E-state index contributed by atoms with van der Waals surface area (Å²) in [6.45, 7) is 1.97. The second-order valence-electron chi connectivity index (χ2n) is 8.90. The molecule has 0 saturated heterocycles. The molecule has 8 nitrogen and oxygen atoms in total. The summed E-state index contributed by atoms with van der Waals surface area (Å²) in [7, 11) is -7.40. The van der Waals surface area contributed by atoms with Gasteiger partial charge in [-0.3, -0.25) is 13.8 Å². The molecule has 202 valence electrons. The lowest BCUT2D eigenvalue weighted by Crippen LogP contribution is -2.29. The van der Waals surface area contributed by atoms with Crippen LogP contribution >= 0.6 is 11.6 Å². The lowest BCUT2D eigenvalue weighted by atomic mass is 10.1. The standard InChI is InChI=1S/C28H26ClN3O5S2/c1-20-4-3-5-25(18-20)31-39(36,37)27-16-12-24(13-17-27)30-28(33)22-8-14-26(15-9-22)32(38(2,34)35)19-21-6-10-23(29)11-7-21/h3-18,31H,19H2,1-2H3,(H,30,33). The van der Waals surface area contributed by atoms with E-state index in [1.807, 2.05) is 13.0 Å². The Morgan fingerprint density at radius 3 is 2.05 bits per heavy atom. The maximum atomic E-state index is 12.8. The molecule has 0 aliphatic heterocycles. The number of carbonyl (C=O) groups is 1. The van der Waals surface area contributed by atoms with Crippen molar-refractivity contribution in [3.05, 3.63) is 119 Å². The molecule has 0 radical (unpaired) electrons. The van der Waals surface area contributed by atoms with Gasteiger partial charge in [0.1, 0.15) is 0 Å². The van der Waals surface area contributed by atoms with Gasteiger partial charge in [0.2, 0.25) is 10.0 Å². The van der Waals surface area contributed by atoms with Crippen LogP contribution in [0.25, 0.3) is 0 Å². The Morgan fingerprint density at radius 2 is 1.46 bits per heavy atom. The molecule has 0 aliphatic rings. The van der Waals surface area contributed by atoms with Gasteiger partial charge in [-0.2, -0.15) is 0 Å². The van der Waals surface area contributed by atoms with E-state index in [4.69, 9.17) is 11.6 Å². The number of hydrogen-bond acceptors (Lipinski definition) is 5. The SMILES string of the molecule is Cc1cccc(NS(=O)(=O)c2ccc(NC(=O)c3ccc(N(Cc4ccc(Cl)cc4)S(C)(=O)=O)cc3)cc2)c1. The van der Waals surface area contributed by atoms with Gasteiger partial charge in [-0.1, -0.05) is 35.9 Å². The van der Waals surface area contributed by atoms with E-state index in [9.17, 15) is 21.6 Å². The summed E-state index contributed by atoms with van der Waals surface area (Å²) in [5.41, 5.74) is 3.24. The fraction of sp³-hybridized carbons (Fsp3) is 0.107. The van der Waals surface area contributed by atoms with E-state index in [2.05, 4.69) is 10.0 Å². The van der Waals surface area contributed by atoms with Crippen LogP contribution < -0.4 is 14.3 Å². The predicted molar refractivity (Wildman–Crippen MR) is 155 cm³/mol. The summed E-state index contributed by atoms with van der Waals surface area (Å²) >= 11 is 5.92. The van der Waals surface area contributed by atoms with Crippen molar-refractivity contribution in [1.29, 1.82) is 0 Å². The van der Waals surface area contributed by atoms with Crippen LogP contribution in [0.15, 0.2) is 102 Å². The Kier molecular flexibility index (Phi) is 8.29. The minimum atomic E-state index is -3.80. The van der Waals surface area contributed by atoms with E-state index in [0.717, 1.165) is 17.4 Å². The van der Waals surface area contributed by atoms with Crippen molar-refractivity contribution in [3.8, 4) is 0 Å². The molecule has 4 rings (SSSR count). The smallest absolute Gasteiger partial charge is 0.261 e. The van der Waals surface area contributed by atoms with Crippen molar-refractivity contribution < 1.29 is 21.6 Å². The number of rotatable bonds is 9.